The number of amides is 2. The van der Waals surface area contributed by atoms with Gasteiger partial charge in [0.25, 0.3) is 11.7 Å². The Morgan fingerprint density at radius 2 is 1.91 bits per heavy atom. The van der Waals surface area contributed by atoms with E-state index >= 15 is 0 Å². The normalized spacial score (nSPS) is 12.9. The van der Waals surface area contributed by atoms with Gasteiger partial charge in [0, 0.05) is 38.5 Å². The number of aromatic nitrogens is 1. The lowest BCUT2D eigenvalue weighted by Gasteiger charge is -2.30. The van der Waals surface area contributed by atoms with Crippen molar-refractivity contribution in [2.24, 2.45) is 0 Å². The first kappa shape index (κ1) is 24.6. The number of ether oxygens (including phenoxy) is 2. The number of nitrogens with zero attached hydrogens (tertiary/aromatic N) is 2. The van der Waals surface area contributed by atoms with E-state index in [-0.39, 0.29) is 28.8 Å². The van der Waals surface area contributed by atoms with Crippen LogP contribution in [-0.2, 0) is 0 Å². The summed E-state index contributed by atoms with van der Waals surface area (Å²) in [4.78, 5) is 30.7. The van der Waals surface area contributed by atoms with Crippen molar-refractivity contribution >= 4 is 17.6 Å². The van der Waals surface area contributed by atoms with Gasteiger partial charge in [-0.2, -0.15) is 0 Å². The predicted molar refractivity (Wildman–Crippen MR) is 120 cm³/mol. The number of halogens is 2. The van der Waals surface area contributed by atoms with Crippen molar-refractivity contribution < 1.29 is 33.3 Å². The molecule has 9 nitrogen and oxygen atoms in total. The minimum absolute atomic E-state index is 0.0322. The van der Waals surface area contributed by atoms with Gasteiger partial charge in [0.15, 0.2) is 6.10 Å². The monoisotopic (exact) mass is 474 g/mol. The first-order valence-corrected chi connectivity index (χ1v) is 10.6. The van der Waals surface area contributed by atoms with Crippen molar-refractivity contribution in [1.82, 2.24) is 20.5 Å². The fraction of sp³-hybridized carbons (Fsp3) is 0.304. The minimum atomic E-state index is -1.32. The summed E-state index contributed by atoms with van der Waals surface area (Å²) in [5, 5.41) is 11.0. The molecule has 2 heterocycles. The van der Waals surface area contributed by atoms with Crippen LogP contribution in [0.3, 0.4) is 0 Å². The molecule has 1 aromatic carbocycles. The van der Waals surface area contributed by atoms with Gasteiger partial charge in [-0.3, -0.25) is 10.2 Å². The van der Waals surface area contributed by atoms with Gasteiger partial charge >= 0.3 is 5.91 Å². The molecule has 0 saturated carbocycles. The Hall–Kier alpha value is -4.02. The Bertz CT molecular complexity index is 1050. The van der Waals surface area contributed by atoms with Gasteiger partial charge in [-0.15, -0.1) is 0 Å². The zero-order chi connectivity index (χ0) is 24.5. The van der Waals surface area contributed by atoms with Gasteiger partial charge in [0.05, 0.1) is 11.8 Å². The Balaban J connectivity index is 1.80. The van der Waals surface area contributed by atoms with E-state index in [1.165, 1.54) is 42.7 Å². The lowest BCUT2D eigenvalue weighted by atomic mass is 10.1. The first-order chi connectivity index (χ1) is 16.4. The molecule has 4 N–H and O–H groups in total. The number of hydrogen-bond donors (Lipinski definition) is 3. The molecule has 0 spiro atoms. The molecule has 2 amide bonds. The van der Waals surface area contributed by atoms with Crippen molar-refractivity contribution in [2.45, 2.75) is 12.5 Å². The number of rotatable bonds is 10. The molecular weight excluding hydrogens is 448 g/mol. The molecule has 1 aromatic heterocycles. The molecule has 180 valence electrons. The maximum absolute atomic E-state index is 13.0. The van der Waals surface area contributed by atoms with E-state index in [1.54, 1.807) is 18.0 Å². The van der Waals surface area contributed by atoms with Crippen LogP contribution in [0.15, 0.2) is 48.8 Å². The lowest BCUT2D eigenvalue weighted by molar-refractivity contribution is -0.115. The fourth-order valence-electron chi connectivity index (χ4n) is 2.93. The first-order valence-electron chi connectivity index (χ1n) is 10.6. The summed E-state index contributed by atoms with van der Waals surface area (Å²) in [6.07, 6.45) is 4.00. The molecule has 34 heavy (non-hydrogen) atoms. The van der Waals surface area contributed by atoms with Crippen LogP contribution in [0.4, 0.5) is 8.78 Å². The number of amidine groups is 1. The van der Waals surface area contributed by atoms with Gasteiger partial charge in [0.2, 0.25) is 0 Å². The van der Waals surface area contributed by atoms with E-state index in [0.717, 1.165) is 6.42 Å². The Labute approximate surface area is 195 Å². The summed E-state index contributed by atoms with van der Waals surface area (Å²) in [7, 11) is 1.67. The molecule has 11 heteroatoms. The van der Waals surface area contributed by atoms with E-state index in [9.17, 15) is 18.4 Å². The fourth-order valence-corrected chi connectivity index (χ4v) is 2.93. The number of nitrogens with one attached hydrogen (secondary N) is 2. The number of carbonyl (C=O) groups excluding carboxylic acids is 2. The van der Waals surface area contributed by atoms with Gasteiger partial charge in [-0.25, -0.2) is 23.9 Å². The summed E-state index contributed by atoms with van der Waals surface area (Å²) in [5.74, 6) is -0.183. The molecule has 2 aromatic rings. The van der Waals surface area contributed by atoms with Crippen molar-refractivity contribution in [3.8, 4) is 17.2 Å². The highest BCUT2D eigenvalue weighted by Gasteiger charge is 2.23. The van der Waals surface area contributed by atoms with Crippen LogP contribution in [0.25, 0.3) is 0 Å². The molecule has 0 atom stereocenters. The van der Waals surface area contributed by atoms with E-state index in [2.05, 4.69) is 15.6 Å². The number of hydrogen-bond acceptors (Lipinski definition) is 6. The van der Waals surface area contributed by atoms with Crippen molar-refractivity contribution in [3.63, 3.8) is 0 Å². The van der Waals surface area contributed by atoms with Crippen LogP contribution in [0, 0.1) is 0 Å². The zero-order valence-electron chi connectivity index (χ0n) is 18.6. The predicted octanol–water partition coefficient (Wildman–Crippen LogP) is 1.03. The van der Waals surface area contributed by atoms with Crippen LogP contribution in [0.2, 0.25) is 0 Å². The van der Waals surface area contributed by atoms with E-state index in [4.69, 9.17) is 14.9 Å². The Morgan fingerprint density at radius 3 is 2.50 bits per heavy atom. The van der Waals surface area contributed by atoms with Crippen LogP contribution < -0.4 is 25.5 Å². The Kier molecular flexibility index (Phi) is 8.49. The van der Waals surface area contributed by atoms with Crippen LogP contribution in [-0.4, -0.2) is 67.1 Å². The molecule has 1 aliphatic rings. The number of benzene rings is 1. The average molecular weight is 474 g/mol. The molecular formula is C23H26F2N5O4+. The SMILES string of the molecule is CN/C=C\C(=[NH2+])NC(=O)c1cc(Oc2ccc(C(=O)N3CCC3)nc2)cc(OC(CF)CF)c1. The largest absolute Gasteiger partial charge is 0.485 e. The smallest absolute Gasteiger partial charge is 0.339 e. The van der Waals surface area contributed by atoms with Crippen LogP contribution in [0.5, 0.6) is 17.2 Å². The third-order valence-corrected chi connectivity index (χ3v) is 4.81. The standard InChI is InChI=1S/C23H25F2N5O4/c1-27-6-5-21(26)29-22(31)15-9-17(11-18(10-15)34-19(12-24)13-25)33-16-3-4-20(28-14-16)23(32)30-7-2-8-30/h3-6,9-11,14,19,27H,2,7-8,12-13H2,1H3,(H2,26,29,31)/p+1/b6-5-. The van der Waals surface area contributed by atoms with Gasteiger partial charge in [-0.05, 0) is 30.7 Å². The maximum Gasteiger partial charge on any atom is 0.339 e. The highest BCUT2D eigenvalue weighted by molar-refractivity contribution is 6.08. The number of alkyl halides is 2. The second kappa shape index (κ2) is 11.7. The van der Waals surface area contributed by atoms with E-state index in [1.807, 2.05) is 0 Å². The Morgan fingerprint density at radius 1 is 1.18 bits per heavy atom. The molecule has 0 aliphatic carbocycles. The van der Waals surface area contributed by atoms with Crippen molar-refractivity contribution in [1.29, 1.82) is 0 Å². The number of nitrogens with two attached hydrogens (primary N) is 1. The summed E-state index contributed by atoms with van der Waals surface area (Å²) < 4.78 is 37.0. The van der Waals surface area contributed by atoms with Gasteiger partial charge in [-0.1, -0.05) is 0 Å². The molecule has 0 radical (unpaired) electrons. The molecule has 1 saturated heterocycles. The van der Waals surface area contributed by atoms with E-state index in [0.29, 0.717) is 24.5 Å². The average Bonchev–Trinajstić information content (AvgIpc) is 2.80. The summed E-state index contributed by atoms with van der Waals surface area (Å²) >= 11 is 0. The van der Waals surface area contributed by atoms with Gasteiger partial charge in [0.1, 0.15) is 36.3 Å². The topological polar surface area (TPSA) is 118 Å². The third kappa shape index (κ3) is 6.50. The van der Waals surface area contributed by atoms with Gasteiger partial charge < -0.3 is 19.7 Å². The molecule has 1 aliphatic heterocycles. The van der Waals surface area contributed by atoms with Crippen LogP contribution >= 0.6 is 0 Å². The quantitative estimate of drug-likeness (QED) is 0.350. The summed E-state index contributed by atoms with van der Waals surface area (Å²) in [6, 6.07) is 7.23. The van der Waals surface area contributed by atoms with Crippen LogP contribution in [0.1, 0.15) is 27.3 Å². The second-order valence-electron chi connectivity index (χ2n) is 7.40. The van der Waals surface area contributed by atoms with Crippen molar-refractivity contribution in [2.75, 3.05) is 33.5 Å². The molecule has 1 fully saturated rings. The minimum Gasteiger partial charge on any atom is -0.485 e. The van der Waals surface area contributed by atoms with Crippen molar-refractivity contribution in [3.05, 3.63) is 60.1 Å². The third-order valence-electron chi connectivity index (χ3n) is 4.81. The lowest BCUT2D eigenvalue weighted by Crippen LogP contribution is -2.49. The summed E-state index contributed by atoms with van der Waals surface area (Å²) in [5.41, 5.74) is 0.376. The number of pyridine rings is 1. The summed E-state index contributed by atoms with van der Waals surface area (Å²) in [6.45, 7) is -0.673. The second-order valence-corrected chi connectivity index (χ2v) is 7.40. The number of likely N-dealkylation sites (tertiary alicyclic amines) is 1. The highest BCUT2D eigenvalue weighted by Crippen LogP contribution is 2.28. The number of carbonyl (C=O) groups is 2. The van der Waals surface area contributed by atoms with E-state index < -0.39 is 25.4 Å². The zero-order valence-corrected chi connectivity index (χ0v) is 18.6. The maximum atomic E-state index is 13.0. The highest BCUT2D eigenvalue weighted by atomic mass is 19.1. The molecule has 0 bridgehead atoms. The molecule has 0 unspecified atom stereocenters. The molecule has 3 rings (SSSR count).